The SMILES string of the molecule is Cc1c(NC(=O)c2cccn3nnnc23)cccc1C(=O)N1CCCC1. The van der Waals surface area contributed by atoms with E-state index >= 15 is 0 Å². The van der Waals surface area contributed by atoms with E-state index in [2.05, 4.69) is 20.8 Å². The van der Waals surface area contributed by atoms with Gasteiger partial charge in [-0.1, -0.05) is 6.07 Å². The number of hydrogen-bond acceptors (Lipinski definition) is 5. The summed E-state index contributed by atoms with van der Waals surface area (Å²) in [5.74, 6) is -0.306. The van der Waals surface area contributed by atoms with E-state index < -0.39 is 0 Å². The van der Waals surface area contributed by atoms with Crippen molar-refractivity contribution in [2.45, 2.75) is 19.8 Å². The molecule has 0 atom stereocenters. The Hall–Kier alpha value is -3.29. The second-order valence-corrected chi connectivity index (χ2v) is 6.30. The van der Waals surface area contributed by atoms with Crippen molar-refractivity contribution in [2.24, 2.45) is 0 Å². The van der Waals surface area contributed by atoms with Crippen LogP contribution in [0.1, 0.15) is 39.1 Å². The van der Waals surface area contributed by atoms with E-state index in [0.717, 1.165) is 31.5 Å². The molecule has 8 heteroatoms. The van der Waals surface area contributed by atoms with E-state index in [-0.39, 0.29) is 11.8 Å². The third-order valence-electron chi connectivity index (χ3n) is 4.67. The number of carbonyl (C=O) groups is 2. The number of carbonyl (C=O) groups excluding carboxylic acids is 2. The number of aromatic nitrogens is 4. The monoisotopic (exact) mass is 350 g/mol. The summed E-state index contributed by atoms with van der Waals surface area (Å²) in [5, 5.41) is 14.1. The Morgan fingerprint density at radius 3 is 2.65 bits per heavy atom. The van der Waals surface area contributed by atoms with Crippen LogP contribution in [-0.4, -0.2) is 49.8 Å². The van der Waals surface area contributed by atoms with Gasteiger partial charge >= 0.3 is 0 Å². The Balaban J connectivity index is 1.62. The molecule has 1 aliphatic heterocycles. The fraction of sp³-hybridized carbons (Fsp3) is 0.278. The maximum absolute atomic E-state index is 12.7. The van der Waals surface area contributed by atoms with E-state index in [1.54, 1.807) is 36.5 Å². The Morgan fingerprint density at radius 2 is 1.85 bits per heavy atom. The number of hydrogen-bond donors (Lipinski definition) is 1. The molecule has 2 aromatic heterocycles. The highest BCUT2D eigenvalue weighted by Gasteiger charge is 2.22. The first-order valence-electron chi connectivity index (χ1n) is 8.52. The first-order chi connectivity index (χ1) is 12.6. The Kier molecular flexibility index (Phi) is 4.08. The zero-order valence-corrected chi connectivity index (χ0v) is 14.3. The molecule has 0 unspecified atom stereocenters. The van der Waals surface area contributed by atoms with Crippen molar-refractivity contribution >= 4 is 23.1 Å². The molecule has 1 aromatic carbocycles. The molecule has 1 N–H and O–H groups in total. The molecular weight excluding hydrogens is 332 g/mol. The Morgan fingerprint density at radius 1 is 1.08 bits per heavy atom. The van der Waals surface area contributed by atoms with Crippen molar-refractivity contribution < 1.29 is 9.59 Å². The van der Waals surface area contributed by atoms with Gasteiger partial charge in [-0.2, -0.15) is 4.52 Å². The molecule has 1 aliphatic rings. The molecule has 0 radical (unpaired) electrons. The van der Waals surface area contributed by atoms with Crippen LogP contribution in [0.5, 0.6) is 0 Å². The quantitative estimate of drug-likeness (QED) is 0.779. The number of amides is 2. The van der Waals surface area contributed by atoms with Gasteiger partial charge in [-0.05, 0) is 60.0 Å². The molecule has 132 valence electrons. The molecule has 2 amide bonds. The molecule has 3 heterocycles. The second kappa shape index (κ2) is 6.55. The van der Waals surface area contributed by atoms with Crippen molar-refractivity contribution in [1.82, 2.24) is 24.9 Å². The van der Waals surface area contributed by atoms with Crippen LogP contribution in [-0.2, 0) is 0 Å². The molecular formula is C18H18N6O2. The lowest BCUT2D eigenvalue weighted by Gasteiger charge is -2.18. The van der Waals surface area contributed by atoms with E-state index in [4.69, 9.17) is 0 Å². The second-order valence-electron chi connectivity index (χ2n) is 6.30. The van der Waals surface area contributed by atoms with Gasteiger partial charge in [0.1, 0.15) is 0 Å². The topological polar surface area (TPSA) is 92.5 Å². The smallest absolute Gasteiger partial charge is 0.259 e. The maximum Gasteiger partial charge on any atom is 0.259 e. The minimum Gasteiger partial charge on any atom is -0.339 e. The predicted molar refractivity (Wildman–Crippen MR) is 95.1 cm³/mol. The standard InChI is InChI=1S/C18H18N6O2/c1-12-13(18(26)23-9-2-3-10-23)6-4-8-15(12)19-17(25)14-7-5-11-24-16(14)20-21-22-24/h4-8,11H,2-3,9-10H2,1H3,(H,19,25). The minimum absolute atomic E-state index is 0.0138. The molecule has 0 saturated carbocycles. The van der Waals surface area contributed by atoms with Gasteiger partial charge in [-0.3, -0.25) is 9.59 Å². The summed E-state index contributed by atoms with van der Waals surface area (Å²) >= 11 is 0. The summed E-state index contributed by atoms with van der Waals surface area (Å²) in [6, 6.07) is 8.74. The zero-order chi connectivity index (χ0) is 18.1. The number of nitrogens with one attached hydrogen (secondary N) is 1. The lowest BCUT2D eigenvalue weighted by atomic mass is 10.0. The normalized spacial score (nSPS) is 14.0. The van der Waals surface area contributed by atoms with Gasteiger partial charge in [0.25, 0.3) is 11.8 Å². The van der Waals surface area contributed by atoms with Gasteiger partial charge < -0.3 is 10.2 Å². The Labute approximate surface area is 149 Å². The van der Waals surface area contributed by atoms with Crippen molar-refractivity contribution in [3.8, 4) is 0 Å². The molecule has 8 nitrogen and oxygen atoms in total. The average Bonchev–Trinajstić information content (AvgIpc) is 3.34. The summed E-state index contributed by atoms with van der Waals surface area (Å²) < 4.78 is 1.44. The largest absolute Gasteiger partial charge is 0.339 e. The van der Waals surface area contributed by atoms with Crippen LogP contribution in [0.3, 0.4) is 0 Å². The van der Waals surface area contributed by atoms with Gasteiger partial charge in [-0.15, -0.1) is 5.10 Å². The third kappa shape index (κ3) is 2.79. The van der Waals surface area contributed by atoms with Gasteiger partial charge in [0.2, 0.25) is 0 Å². The lowest BCUT2D eigenvalue weighted by molar-refractivity contribution is 0.0791. The number of anilines is 1. The van der Waals surface area contributed by atoms with E-state index in [1.165, 1.54) is 4.52 Å². The van der Waals surface area contributed by atoms with E-state index in [0.29, 0.717) is 22.5 Å². The number of tetrazole rings is 1. The van der Waals surface area contributed by atoms with Crippen LogP contribution in [0.4, 0.5) is 5.69 Å². The average molecular weight is 350 g/mol. The van der Waals surface area contributed by atoms with E-state index in [9.17, 15) is 9.59 Å². The number of rotatable bonds is 3. The number of nitrogens with zero attached hydrogens (tertiary/aromatic N) is 5. The highest BCUT2D eigenvalue weighted by atomic mass is 16.2. The summed E-state index contributed by atoms with van der Waals surface area (Å²) in [6.45, 7) is 3.42. The van der Waals surface area contributed by atoms with Crippen LogP contribution in [0.25, 0.3) is 5.65 Å². The predicted octanol–water partition coefficient (Wildman–Crippen LogP) is 1.92. The zero-order valence-electron chi connectivity index (χ0n) is 14.3. The molecule has 1 fully saturated rings. The summed E-state index contributed by atoms with van der Waals surface area (Å²) in [6.07, 6.45) is 3.75. The van der Waals surface area contributed by atoms with Crippen LogP contribution in [0.2, 0.25) is 0 Å². The number of pyridine rings is 1. The molecule has 4 rings (SSSR count). The van der Waals surface area contributed by atoms with Crippen molar-refractivity contribution in [1.29, 1.82) is 0 Å². The molecule has 0 aliphatic carbocycles. The highest BCUT2D eigenvalue weighted by Crippen LogP contribution is 2.23. The van der Waals surface area contributed by atoms with Gasteiger partial charge in [-0.25, -0.2) is 0 Å². The van der Waals surface area contributed by atoms with Crippen LogP contribution >= 0.6 is 0 Å². The van der Waals surface area contributed by atoms with Crippen LogP contribution in [0, 0.1) is 6.92 Å². The highest BCUT2D eigenvalue weighted by molar-refractivity contribution is 6.09. The molecule has 26 heavy (non-hydrogen) atoms. The third-order valence-corrected chi connectivity index (χ3v) is 4.67. The summed E-state index contributed by atoms with van der Waals surface area (Å²) in [5.41, 5.74) is 2.73. The molecule has 0 spiro atoms. The molecule has 3 aromatic rings. The minimum atomic E-state index is -0.320. The maximum atomic E-state index is 12.7. The van der Waals surface area contributed by atoms with Crippen LogP contribution < -0.4 is 5.32 Å². The van der Waals surface area contributed by atoms with E-state index in [1.807, 2.05) is 11.8 Å². The van der Waals surface area contributed by atoms with Crippen molar-refractivity contribution in [3.05, 3.63) is 53.2 Å². The molecule has 0 bridgehead atoms. The number of likely N-dealkylation sites (tertiary alicyclic amines) is 1. The fourth-order valence-electron chi connectivity index (χ4n) is 3.23. The van der Waals surface area contributed by atoms with Crippen LogP contribution in [0.15, 0.2) is 36.5 Å². The lowest BCUT2D eigenvalue weighted by Crippen LogP contribution is -2.28. The van der Waals surface area contributed by atoms with Crippen molar-refractivity contribution in [2.75, 3.05) is 18.4 Å². The van der Waals surface area contributed by atoms with Gasteiger partial charge in [0, 0.05) is 30.5 Å². The summed E-state index contributed by atoms with van der Waals surface area (Å²) in [7, 11) is 0. The summed E-state index contributed by atoms with van der Waals surface area (Å²) in [4.78, 5) is 27.3. The van der Waals surface area contributed by atoms with Gasteiger partial charge in [0.15, 0.2) is 5.65 Å². The first kappa shape index (κ1) is 16.2. The fourth-order valence-corrected chi connectivity index (χ4v) is 3.23. The number of fused-ring (bicyclic) bond motifs is 1. The first-order valence-corrected chi connectivity index (χ1v) is 8.52. The Bertz CT molecular complexity index is 990. The molecule has 1 saturated heterocycles. The van der Waals surface area contributed by atoms with Gasteiger partial charge in [0.05, 0.1) is 5.56 Å². The number of benzene rings is 1. The van der Waals surface area contributed by atoms with Crippen molar-refractivity contribution in [3.63, 3.8) is 0 Å².